The molecule has 20 heteroatoms. The number of hydrogen-bond acceptors (Lipinski definition) is 18. The van der Waals surface area contributed by atoms with Crippen LogP contribution in [0.15, 0.2) is 0 Å². The Hall–Kier alpha value is -1.99. The van der Waals surface area contributed by atoms with Gasteiger partial charge in [-0.3, -0.25) is 4.79 Å². The highest BCUT2D eigenvalue weighted by atomic mass is 16.7. The van der Waals surface area contributed by atoms with Crippen molar-refractivity contribution in [3.8, 4) is 0 Å². The zero-order chi connectivity index (χ0) is 32.8. The number of ether oxygens (including phenoxy) is 4. The van der Waals surface area contributed by atoms with Crippen molar-refractivity contribution in [3.05, 3.63) is 0 Å². The minimum absolute atomic E-state index is 0.122. The maximum atomic E-state index is 12.3. The molecule has 0 radical (unpaired) electrons. The van der Waals surface area contributed by atoms with Gasteiger partial charge in [0.2, 0.25) is 5.91 Å². The van der Waals surface area contributed by atoms with Gasteiger partial charge in [-0.2, -0.15) is 0 Å². The average Bonchev–Trinajstić information content (AvgIpc) is 2.97. The fourth-order valence-electron chi connectivity index (χ4n) is 4.59. The van der Waals surface area contributed by atoms with E-state index in [0.717, 1.165) is 6.92 Å². The van der Waals surface area contributed by atoms with Gasteiger partial charge in [0.25, 0.3) is 5.79 Å². The number of aliphatic carboxylic acids is 1. The van der Waals surface area contributed by atoms with Crippen LogP contribution in [0.1, 0.15) is 13.3 Å². The summed E-state index contributed by atoms with van der Waals surface area (Å²) < 4.78 is 21.4. The largest absolute Gasteiger partial charge is 0.477 e. The van der Waals surface area contributed by atoms with Crippen molar-refractivity contribution in [3.63, 3.8) is 0 Å². The van der Waals surface area contributed by atoms with Crippen molar-refractivity contribution in [2.45, 2.75) is 105 Å². The first-order valence-corrected chi connectivity index (χ1v) is 13.0. The van der Waals surface area contributed by atoms with E-state index >= 15 is 0 Å². The molecule has 250 valence electrons. The molecule has 2 rings (SSSR count). The first-order valence-electron chi connectivity index (χ1n) is 13.0. The molecule has 20 nitrogen and oxygen atoms in total. The Bertz CT molecular complexity index is 927. The summed E-state index contributed by atoms with van der Waals surface area (Å²) in [6, 6.07) is -1.50. The minimum atomic E-state index is -2.87. The molecule has 0 bridgehead atoms. The van der Waals surface area contributed by atoms with E-state index in [-0.39, 0.29) is 6.29 Å². The molecule has 1 unspecified atom stereocenters. The van der Waals surface area contributed by atoms with E-state index in [9.17, 15) is 75.7 Å². The third kappa shape index (κ3) is 8.59. The molecule has 1 amide bonds. The smallest absolute Gasteiger partial charge is 0.364 e. The van der Waals surface area contributed by atoms with E-state index in [1.807, 2.05) is 0 Å². The van der Waals surface area contributed by atoms with Crippen molar-refractivity contribution >= 4 is 18.2 Å². The van der Waals surface area contributed by atoms with E-state index in [0.29, 0.717) is 0 Å². The Labute approximate surface area is 243 Å². The highest BCUT2D eigenvalue weighted by Gasteiger charge is 2.57. The van der Waals surface area contributed by atoms with E-state index in [1.165, 1.54) is 0 Å². The van der Waals surface area contributed by atoms with Crippen molar-refractivity contribution in [1.82, 2.24) is 5.32 Å². The van der Waals surface area contributed by atoms with Crippen LogP contribution in [0.4, 0.5) is 0 Å². The van der Waals surface area contributed by atoms with Crippen molar-refractivity contribution < 1.29 is 94.6 Å². The Morgan fingerprint density at radius 3 is 2.12 bits per heavy atom. The first-order chi connectivity index (χ1) is 20.0. The molecule has 2 fully saturated rings. The van der Waals surface area contributed by atoms with Crippen LogP contribution in [0.3, 0.4) is 0 Å². The minimum Gasteiger partial charge on any atom is -0.477 e. The molecule has 0 spiro atoms. The van der Waals surface area contributed by atoms with Gasteiger partial charge in [-0.25, -0.2) is 4.79 Å². The van der Waals surface area contributed by atoms with Gasteiger partial charge in [-0.15, -0.1) is 0 Å². The summed E-state index contributed by atoms with van der Waals surface area (Å²) in [5.74, 6) is -5.51. The number of rotatable bonds is 15. The number of nitrogens with one attached hydrogen (secondary N) is 1. The number of carbonyl (C=O) groups is 3. The molecule has 2 saturated heterocycles. The molecule has 15 atom stereocenters. The lowest BCUT2D eigenvalue weighted by Gasteiger charge is -2.47. The molecular weight excluding hydrogens is 594 g/mol. The number of aliphatic hydroxyl groups excluding tert-OH is 11. The quantitative estimate of drug-likeness (QED) is 0.0744. The van der Waals surface area contributed by atoms with E-state index in [1.54, 1.807) is 0 Å². The van der Waals surface area contributed by atoms with Crippen LogP contribution in [-0.4, -0.2) is 191 Å². The molecule has 0 aromatic carbocycles. The normalized spacial score (nSPS) is 37.4. The standard InChI is InChI=1S/C23H39NO19/c1-7(28)24-13-8(29)2-23(22(38)39,43-20(13)15(34)10(31)4-26)40-6-12-16(35)17(36)18(37)21(41-12)42-19(11(32)5-27)14(33)9(30)3-25/h3,8-21,26-27,29-37H,2,4-6H2,1H3,(H,24,28)(H,38,39)/t8-,9-,10+,11+,12+,13+,14+,15+,16-,17-,18+,19+,20+,21-,23?/m0/s1. The number of carboxylic acid groups (broad SMARTS) is 1. The fraction of sp³-hybridized carbons (Fsp3) is 0.870. The number of carbonyl (C=O) groups excluding carboxylic acids is 2. The second-order valence-corrected chi connectivity index (χ2v) is 10.2. The number of aliphatic hydroxyl groups is 11. The Kier molecular flexibility index (Phi) is 13.7. The molecule has 0 aromatic heterocycles. The van der Waals surface area contributed by atoms with Crippen LogP contribution in [0.2, 0.25) is 0 Å². The maximum Gasteiger partial charge on any atom is 0.364 e. The van der Waals surface area contributed by atoms with E-state index in [2.05, 4.69) is 5.32 Å². The maximum absolute atomic E-state index is 12.3. The summed E-state index contributed by atoms with van der Waals surface area (Å²) in [5.41, 5.74) is 0. The average molecular weight is 634 g/mol. The van der Waals surface area contributed by atoms with Crippen molar-refractivity contribution in [2.75, 3.05) is 19.8 Å². The van der Waals surface area contributed by atoms with Crippen LogP contribution in [0.25, 0.3) is 0 Å². The molecule has 2 heterocycles. The summed E-state index contributed by atoms with van der Waals surface area (Å²) in [4.78, 5) is 34.9. The summed E-state index contributed by atoms with van der Waals surface area (Å²) in [6.45, 7) is -2.09. The van der Waals surface area contributed by atoms with Gasteiger partial charge in [0.1, 0.15) is 67.1 Å². The first kappa shape index (κ1) is 37.2. The van der Waals surface area contributed by atoms with Crippen LogP contribution >= 0.6 is 0 Å². The summed E-state index contributed by atoms with van der Waals surface area (Å²) in [6.07, 6.45) is -27.1. The van der Waals surface area contributed by atoms with Crippen molar-refractivity contribution in [1.29, 1.82) is 0 Å². The summed E-state index contributed by atoms with van der Waals surface area (Å²) in [7, 11) is 0. The van der Waals surface area contributed by atoms with E-state index in [4.69, 9.17) is 18.9 Å². The number of hydrogen-bond donors (Lipinski definition) is 13. The molecule has 2 aliphatic heterocycles. The molecule has 0 aliphatic carbocycles. The Morgan fingerprint density at radius 1 is 1.00 bits per heavy atom. The van der Waals surface area contributed by atoms with Crippen molar-refractivity contribution in [2.24, 2.45) is 0 Å². The molecule has 2 aliphatic rings. The lowest BCUT2D eigenvalue weighted by atomic mass is 9.88. The zero-order valence-electron chi connectivity index (χ0n) is 22.7. The summed E-state index contributed by atoms with van der Waals surface area (Å²) in [5, 5.41) is 123. The van der Waals surface area contributed by atoms with Gasteiger partial charge >= 0.3 is 5.97 Å². The zero-order valence-corrected chi connectivity index (χ0v) is 22.7. The number of carboxylic acids is 1. The van der Waals surface area contributed by atoms with Crippen LogP contribution in [0.5, 0.6) is 0 Å². The van der Waals surface area contributed by atoms with Gasteiger partial charge in [-0.05, 0) is 0 Å². The Balaban J connectivity index is 2.33. The lowest BCUT2D eigenvalue weighted by molar-refractivity contribution is -0.348. The second-order valence-electron chi connectivity index (χ2n) is 10.2. The van der Waals surface area contributed by atoms with Crippen LogP contribution in [0, 0.1) is 0 Å². The number of aldehydes is 1. The third-order valence-electron chi connectivity index (χ3n) is 7.02. The third-order valence-corrected chi connectivity index (χ3v) is 7.02. The molecule has 13 N–H and O–H groups in total. The predicted molar refractivity (Wildman–Crippen MR) is 131 cm³/mol. The molecular formula is C23H39NO19. The van der Waals surface area contributed by atoms with E-state index < -0.39 is 129 Å². The molecule has 0 aromatic rings. The lowest BCUT2D eigenvalue weighted by Crippen LogP contribution is -2.68. The van der Waals surface area contributed by atoms with Gasteiger partial charge < -0.3 is 90.3 Å². The topological polar surface area (TPSA) is 343 Å². The molecule has 0 saturated carbocycles. The fourth-order valence-corrected chi connectivity index (χ4v) is 4.59. The van der Waals surface area contributed by atoms with Crippen LogP contribution in [-0.2, 0) is 33.3 Å². The highest BCUT2D eigenvalue weighted by molar-refractivity contribution is 5.76. The SMILES string of the molecule is CC(=O)N[C@H]1[C@H]([C@H](O)[C@H](O)CO)OC(OC[C@H]2O[C@@H](O[C@@H]([C@H](O)[C@@H](O)C=O)[C@H](O)CO)[C@H](O)[C@@H](O)[C@H]2O)(C(=O)O)C[C@@H]1O. The summed E-state index contributed by atoms with van der Waals surface area (Å²) >= 11 is 0. The van der Waals surface area contributed by atoms with Gasteiger partial charge in [0.05, 0.1) is 32.0 Å². The molecule has 43 heavy (non-hydrogen) atoms. The van der Waals surface area contributed by atoms with Gasteiger partial charge in [0, 0.05) is 13.3 Å². The van der Waals surface area contributed by atoms with Crippen LogP contribution < -0.4 is 5.32 Å². The highest BCUT2D eigenvalue weighted by Crippen LogP contribution is 2.35. The van der Waals surface area contributed by atoms with Gasteiger partial charge in [0.15, 0.2) is 12.6 Å². The number of amides is 1. The predicted octanol–water partition coefficient (Wildman–Crippen LogP) is -8.38. The monoisotopic (exact) mass is 633 g/mol. The second kappa shape index (κ2) is 15.8. The van der Waals surface area contributed by atoms with Gasteiger partial charge in [-0.1, -0.05) is 0 Å². The Morgan fingerprint density at radius 2 is 1.60 bits per heavy atom.